The lowest BCUT2D eigenvalue weighted by atomic mass is 10.1. The topological polar surface area (TPSA) is 110 Å². The number of benzene rings is 6. The molecule has 16 heteroatoms. The highest BCUT2D eigenvalue weighted by molar-refractivity contribution is 14.1. The van der Waals surface area contributed by atoms with E-state index in [0.717, 1.165) is 33.0 Å². The molecule has 11 rings (SSSR count). The van der Waals surface area contributed by atoms with Crippen molar-refractivity contribution in [3.63, 3.8) is 0 Å². The number of fused-ring (bicyclic) bond motifs is 4. The molecule has 1 saturated heterocycles. The zero-order chi connectivity index (χ0) is 43.2. The van der Waals surface area contributed by atoms with E-state index in [0.29, 0.717) is 39.6 Å². The van der Waals surface area contributed by atoms with Crippen molar-refractivity contribution in [2.75, 3.05) is 9.80 Å². The molecule has 6 aromatic carbocycles. The first-order valence-electron chi connectivity index (χ1n) is 19.4. The summed E-state index contributed by atoms with van der Waals surface area (Å²) in [6.07, 6.45) is 2.50. The molecule has 0 unspecified atom stereocenters. The first-order valence-corrected chi connectivity index (χ1v) is 24.3. The van der Waals surface area contributed by atoms with Crippen LogP contribution in [0.2, 0.25) is 12.6 Å². The Labute approximate surface area is 406 Å². The zero-order valence-corrected chi connectivity index (χ0v) is 41.1. The molecule has 5 heterocycles. The normalized spacial score (nSPS) is 13.9. The van der Waals surface area contributed by atoms with Gasteiger partial charge in [0, 0.05) is 38.2 Å². The van der Waals surface area contributed by atoms with Crippen LogP contribution in [-0.2, 0) is 14.1 Å². The maximum Gasteiger partial charge on any atom is 0.266 e. The number of halogens is 3. The third-order valence-corrected chi connectivity index (χ3v) is 14.9. The second-order valence-corrected chi connectivity index (χ2v) is 20.4. The van der Waals surface area contributed by atoms with Crippen LogP contribution < -0.4 is 9.80 Å². The van der Waals surface area contributed by atoms with Crippen LogP contribution in [0.1, 0.15) is 41.4 Å². The molecule has 0 atom stereocenters. The van der Waals surface area contributed by atoms with E-state index in [1.165, 1.54) is 36.9 Å². The van der Waals surface area contributed by atoms with Gasteiger partial charge in [-0.05, 0) is 170 Å². The summed E-state index contributed by atoms with van der Waals surface area (Å²) >= 11 is 10.2. The lowest BCUT2D eigenvalue weighted by Gasteiger charge is -2.15. The van der Waals surface area contributed by atoms with Crippen LogP contribution in [0.25, 0.3) is 21.8 Å². The van der Waals surface area contributed by atoms with Gasteiger partial charge in [0.15, 0.2) is 0 Å². The standard InChI is InChI=1S/C22H14IN3O2S.C16H12BNO2S.C8H6I2N2/c1-25-19-12-15(9-10-18(19)20(23)24-25)29-14-6-4-5-13(11-14)26-21(27)16-7-2-3-8-17(16)22(26)28;19-15-13-6-1-2-7-14(13)16(20)18(15)11-4-3-5-12(10-11)21-17-8-9-17;1-12-7-4-5(9)2-3-6(7)8(10)11-12/h2-12H,1H3;1-7,10H,8-9H2;2-4H,1H3. The van der Waals surface area contributed by atoms with Crippen LogP contribution >= 0.6 is 91.1 Å². The molecule has 0 spiro atoms. The SMILES string of the molecule is Cn1nc(I)c2ccc(I)cc21.Cn1nc(I)c2ccc(Sc3cccc(N4C(=O)c5ccccc5C4=O)c3)cc21.O=C1c2ccccc2C(=O)N1c1cccc(SB2CC2)c1. The van der Waals surface area contributed by atoms with E-state index in [9.17, 15) is 19.2 Å². The maximum atomic E-state index is 12.8. The molecule has 1 fully saturated rings. The largest absolute Gasteiger partial charge is 0.268 e. The van der Waals surface area contributed by atoms with Crippen LogP contribution in [0.3, 0.4) is 0 Å². The molecule has 8 aromatic rings. The highest BCUT2D eigenvalue weighted by Gasteiger charge is 2.37. The number of amides is 4. The Morgan fingerprint density at radius 2 is 0.935 bits per heavy atom. The number of anilines is 2. The van der Waals surface area contributed by atoms with E-state index >= 15 is 0 Å². The number of hydrogen-bond acceptors (Lipinski definition) is 8. The molecule has 0 N–H and O–H groups in total. The first kappa shape index (κ1) is 42.8. The van der Waals surface area contributed by atoms with Crippen molar-refractivity contribution in [3.8, 4) is 0 Å². The lowest BCUT2D eigenvalue weighted by Crippen LogP contribution is -2.29. The van der Waals surface area contributed by atoms with Gasteiger partial charge in [-0.1, -0.05) is 60.8 Å². The Hall–Kier alpha value is -4.51. The fraction of sp³-hybridized carbons (Fsp3) is 0.0870. The van der Waals surface area contributed by atoms with Gasteiger partial charge in [0.05, 0.1) is 44.7 Å². The Morgan fingerprint density at radius 3 is 1.44 bits per heavy atom. The van der Waals surface area contributed by atoms with Crippen LogP contribution in [-0.4, -0.2) is 49.2 Å². The Morgan fingerprint density at radius 1 is 0.500 bits per heavy atom. The summed E-state index contributed by atoms with van der Waals surface area (Å²) in [4.78, 5) is 56.1. The number of carbonyl (C=O) groups excluding carboxylic acids is 4. The minimum Gasteiger partial charge on any atom is -0.268 e. The third kappa shape index (κ3) is 8.59. The summed E-state index contributed by atoms with van der Waals surface area (Å²) in [6.45, 7) is 0. The van der Waals surface area contributed by atoms with Crippen molar-refractivity contribution in [2.24, 2.45) is 14.1 Å². The van der Waals surface area contributed by atoms with Crippen molar-refractivity contribution in [2.45, 2.75) is 27.3 Å². The minimum atomic E-state index is -0.279. The predicted octanol–water partition coefficient (Wildman–Crippen LogP) is 11.5. The number of hydrogen-bond donors (Lipinski definition) is 0. The summed E-state index contributed by atoms with van der Waals surface area (Å²) in [5, 5.41) is 11.1. The summed E-state index contributed by atoms with van der Waals surface area (Å²) in [5.74, 6) is -0.326. The molecule has 10 nitrogen and oxygen atoms in total. The molecule has 2 aromatic heterocycles. The highest BCUT2D eigenvalue weighted by Crippen LogP contribution is 2.39. The number of aromatic nitrogens is 4. The van der Waals surface area contributed by atoms with Crippen LogP contribution in [0.4, 0.5) is 11.4 Å². The molecule has 0 radical (unpaired) electrons. The summed E-state index contributed by atoms with van der Waals surface area (Å²) in [5.41, 5.74) is 5.38. The van der Waals surface area contributed by atoms with Gasteiger partial charge in [-0.25, -0.2) is 9.80 Å². The van der Waals surface area contributed by atoms with Gasteiger partial charge in [-0.2, -0.15) is 21.8 Å². The van der Waals surface area contributed by atoms with Gasteiger partial charge in [0.2, 0.25) is 5.99 Å². The van der Waals surface area contributed by atoms with E-state index in [-0.39, 0.29) is 23.6 Å². The quantitative estimate of drug-likeness (QED) is 0.0920. The van der Waals surface area contributed by atoms with Gasteiger partial charge >= 0.3 is 0 Å². The third-order valence-electron chi connectivity index (χ3n) is 10.3. The first-order chi connectivity index (χ1) is 29.9. The van der Waals surface area contributed by atoms with Crippen LogP contribution in [0, 0.1) is 11.0 Å². The molecule has 0 aliphatic carbocycles. The van der Waals surface area contributed by atoms with Crippen LogP contribution in [0.15, 0.2) is 148 Å². The van der Waals surface area contributed by atoms with Gasteiger partial charge in [0.1, 0.15) is 7.40 Å². The second kappa shape index (κ2) is 17.9. The molecule has 306 valence electrons. The van der Waals surface area contributed by atoms with E-state index < -0.39 is 0 Å². The van der Waals surface area contributed by atoms with Crippen LogP contribution in [0.5, 0.6) is 0 Å². The zero-order valence-electron chi connectivity index (χ0n) is 33.0. The number of imide groups is 2. The van der Waals surface area contributed by atoms with Gasteiger partial charge in [0.25, 0.3) is 23.6 Å². The van der Waals surface area contributed by atoms with Crippen molar-refractivity contribution in [1.82, 2.24) is 19.6 Å². The summed E-state index contributed by atoms with van der Waals surface area (Å²) in [7, 11) is 3.91. The van der Waals surface area contributed by atoms with E-state index in [1.807, 2.05) is 77.5 Å². The Balaban J connectivity index is 0.000000129. The number of carbonyl (C=O) groups is 4. The second-order valence-electron chi connectivity index (χ2n) is 14.6. The Kier molecular flexibility index (Phi) is 12.4. The minimum absolute atomic E-state index is 0.232. The van der Waals surface area contributed by atoms with E-state index in [1.54, 1.807) is 66.4 Å². The van der Waals surface area contributed by atoms with Crippen molar-refractivity contribution < 1.29 is 19.2 Å². The van der Waals surface area contributed by atoms with Crippen molar-refractivity contribution in [1.29, 1.82) is 0 Å². The number of nitrogens with zero attached hydrogens (tertiary/aromatic N) is 6. The molecule has 3 aliphatic rings. The van der Waals surface area contributed by atoms with Crippen molar-refractivity contribution >= 4 is 154 Å². The van der Waals surface area contributed by atoms with Gasteiger partial charge in [-0.3, -0.25) is 28.5 Å². The lowest BCUT2D eigenvalue weighted by molar-refractivity contribution is 0.0910. The van der Waals surface area contributed by atoms with E-state index in [2.05, 4.69) is 114 Å². The molecule has 4 amide bonds. The predicted molar refractivity (Wildman–Crippen MR) is 273 cm³/mol. The van der Waals surface area contributed by atoms with Gasteiger partial charge < -0.3 is 0 Å². The summed E-state index contributed by atoms with van der Waals surface area (Å²) in [6, 6.07) is 41.7. The summed E-state index contributed by atoms with van der Waals surface area (Å²) < 4.78 is 7.08. The fourth-order valence-electron chi connectivity index (χ4n) is 7.19. The monoisotopic (exact) mass is 1190 g/mol. The molecule has 62 heavy (non-hydrogen) atoms. The number of aryl methyl sites for hydroxylation is 2. The highest BCUT2D eigenvalue weighted by atomic mass is 127. The average molecular weight is 1190 g/mol. The molecular formula is C46H32BI3N6O4S2. The van der Waals surface area contributed by atoms with Gasteiger partial charge in [-0.15, -0.1) is 0 Å². The fourth-order valence-corrected chi connectivity index (χ4v) is 11.2. The van der Waals surface area contributed by atoms with E-state index in [4.69, 9.17) is 0 Å². The smallest absolute Gasteiger partial charge is 0.266 e. The molecule has 0 saturated carbocycles. The molecule has 3 aliphatic heterocycles. The molecular weight excluding hydrogens is 1160 g/mol. The Bertz CT molecular complexity index is 3070. The molecule has 0 bridgehead atoms. The average Bonchev–Trinajstić information content (AvgIpc) is 3.84. The maximum absolute atomic E-state index is 12.8. The van der Waals surface area contributed by atoms with Crippen molar-refractivity contribution in [3.05, 3.63) is 167 Å². The number of rotatable bonds is 6.